The molecule has 0 saturated heterocycles. The lowest BCUT2D eigenvalue weighted by atomic mass is 10.1. The number of hydrogen-bond acceptors (Lipinski definition) is 5. The Labute approximate surface area is 155 Å². The molecule has 8 heteroatoms. The van der Waals surface area contributed by atoms with E-state index in [1.54, 1.807) is 4.68 Å². The third-order valence-electron chi connectivity index (χ3n) is 3.93. The molecule has 8 nitrogen and oxygen atoms in total. The van der Waals surface area contributed by atoms with Crippen LogP contribution in [-0.4, -0.2) is 49.7 Å². The highest BCUT2D eigenvalue weighted by Crippen LogP contribution is 2.25. The average Bonchev–Trinajstić information content (AvgIpc) is 3.10. The largest absolute Gasteiger partial charge is 0.480 e. The number of benzene rings is 2. The second-order valence-corrected chi connectivity index (χ2v) is 5.82. The van der Waals surface area contributed by atoms with E-state index >= 15 is 0 Å². The highest BCUT2D eigenvalue weighted by atomic mass is 16.4. The summed E-state index contributed by atoms with van der Waals surface area (Å²) in [6, 6.07) is 17.4. The van der Waals surface area contributed by atoms with Gasteiger partial charge in [0.2, 0.25) is 5.91 Å². The Balaban J connectivity index is 1.95. The SMILES string of the molecule is O=C(Cc1nnn(-c2ccccc2)c1-c1ccccc1)NC(CO)C(=O)O. The number of carbonyl (C=O) groups is 2. The van der Waals surface area contributed by atoms with Crippen molar-refractivity contribution in [3.63, 3.8) is 0 Å². The van der Waals surface area contributed by atoms with E-state index in [1.807, 2.05) is 60.7 Å². The van der Waals surface area contributed by atoms with E-state index in [-0.39, 0.29) is 6.42 Å². The van der Waals surface area contributed by atoms with E-state index in [1.165, 1.54) is 0 Å². The fourth-order valence-electron chi connectivity index (χ4n) is 2.65. The molecule has 1 unspecified atom stereocenters. The molecule has 0 saturated carbocycles. The maximum Gasteiger partial charge on any atom is 0.328 e. The van der Waals surface area contributed by atoms with Crippen molar-refractivity contribution >= 4 is 11.9 Å². The van der Waals surface area contributed by atoms with Crippen LogP contribution in [0.2, 0.25) is 0 Å². The molecule has 0 aliphatic heterocycles. The van der Waals surface area contributed by atoms with Crippen LogP contribution in [0.15, 0.2) is 60.7 Å². The monoisotopic (exact) mass is 366 g/mol. The molecule has 1 amide bonds. The van der Waals surface area contributed by atoms with Crippen molar-refractivity contribution in [2.45, 2.75) is 12.5 Å². The lowest BCUT2D eigenvalue weighted by Crippen LogP contribution is -2.44. The van der Waals surface area contributed by atoms with Gasteiger partial charge in [-0.1, -0.05) is 53.7 Å². The topological polar surface area (TPSA) is 117 Å². The van der Waals surface area contributed by atoms with Gasteiger partial charge in [-0.2, -0.15) is 0 Å². The van der Waals surface area contributed by atoms with E-state index in [0.717, 1.165) is 11.3 Å². The van der Waals surface area contributed by atoms with Crippen molar-refractivity contribution in [2.24, 2.45) is 0 Å². The van der Waals surface area contributed by atoms with Crippen LogP contribution in [-0.2, 0) is 16.0 Å². The molecule has 0 radical (unpaired) electrons. The van der Waals surface area contributed by atoms with E-state index in [9.17, 15) is 9.59 Å². The zero-order valence-electron chi connectivity index (χ0n) is 14.3. The van der Waals surface area contributed by atoms with Gasteiger partial charge >= 0.3 is 5.97 Å². The molecule has 0 bridgehead atoms. The zero-order chi connectivity index (χ0) is 19.2. The molecule has 0 aliphatic rings. The molecule has 1 heterocycles. The van der Waals surface area contributed by atoms with Gasteiger partial charge in [0.15, 0.2) is 0 Å². The zero-order valence-corrected chi connectivity index (χ0v) is 14.3. The first-order valence-electron chi connectivity index (χ1n) is 8.28. The van der Waals surface area contributed by atoms with Crippen molar-refractivity contribution in [3.05, 3.63) is 66.4 Å². The third kappa shape index (κ3) is 4.18. The first-order chi connectivity index (χ1) is 13.1. The van der Waals surface area contributed by atoms with Gasteiger partial charge in [-0.15, -0.1) is 5.10 Å². The van der Waals surface area contributed by atoms with Gasteiger partial charge in [0.05, 0.1) is 24.4 Å². The van der Waals surface area contributed by atoms with E-state index in [0.29, 0.717) is 11.4 Å². The van der Waals surface area contributed by atoms with Gasteiger partial charge in [0, 0.05) is 5.56 Å². The summed E-state index contributed by atoms with van der Waals surface area (Å²) in [6.07, 6.45) is -0.166. The summed E-state index contributed by atoms with van der Waals surface area (Å²) in [7, 11) is 0. The second kappa shape index (κ2) is 8.24. The van der Waals surface area contributed by atoms with Gasteiger partial charge in [-0.3, -0.25) is 4.79 Å². The molecule has 0 fully saturated rings. The Kier molecular flexibility index (Phi) is 5.58. The van der Waals surface area contributed by atoms with Crippen LogP contribution < -0.4 is 5.32 Å². The highest BCUT2D eigenvalue weighted by Gasteiger charge is 2.22. The second-order valence-electron chi connectivity index (χ2n) is 5.82. The number of carbonyl (C=O) groups excluding carboxylic acids is 1. The molecule has 0 aliphatic carbocycles. The van der Waals surface area contributed by atoms with Crippen LogP contribution in [0.1, 0.15) is 5.69 Å². The van der Waals surface area contributed by atoms with Gasteiger partial charge < -0.3 is 15.5 Å². The number of aromatic nitrogens is 3. The Hall–Kier alpha value is -3.52. The van der Waals surface area contributed by atoms with Gasteiger partial charge in [0.1, 0.15) is 11.7 Å². The smallest absolute Gasteiger partial charge is 0.328 e. The molecular weight excluding hydrogens is 348 g/mol. The van der Waals surface area contributed by atoms with Gasteiger partial charge in [-0.05, 0) is 12.1 Å². The normalized spacial score (nSPS) is 11.7. The lowest BCUT2D eigenvalue weighted by molar-refractivity contribution is -0.142. The molecular formula is C19H18N4O4. The fourth-order valence-corrected chi connectivity index (χ4v) is 2.65. The quantitative estimate of drug-likeness (QED) is 0.575. The number of carboxylic acids is 1. The van der Waals surface area contributed by atoms with Crippen molar-refractivity contribution in [1.82, 2.24) is 20.3 Å². The lowest BCUT2D eigenvalue weighted by Gasteiger charge is -2.12. The number of amides is 1. The Morgan fingerprint density at radius 1 is 1.04 bits per heavy atom. The van der Waals surface area contributed by atoms with Crippen molar-refractivity contribution < 1.29 is 19.8 Å². The first kappa shape index (κ1) is 18.3. The summed E-state index contributed by atoms with van der Waals surface area (Å²) in [5.74, 6) is -1.86. The van der Waals surface area contributed by atoms with E-state index in [2.05, 4.69) is 15.6 Å². The summed E-state index contributed by atoms with van der Waals surface area (Å²) in [5, 5.41) is 28.6. The summed E-state index contributed by atoms with van der Waals surface area (Å²) in [4.78, 5) is 23.2. The predicted molar refractivity (Wildman–Crippen MR) is 97.2 cm³/mol. The number of para-hydroxylation sites is 1. The van der Waals surface area contributed by atoms with Gasteiger partial charge in [0.25, 0.3) is 0 Å². The Morgan fingerprint density at radius 2 is 1.67 bits per heavy atom. The number of rotatable bonds is 7. The van der Waals surface area contributed by atoms with Crippen LogP contribution in [0.5, 0.6) is 0 Å². The van der Waals surface area contributed by atoms with Gasteiger partial charge in [-0.25, -0.2) is 9.48 Å². The molecule has 1 aromatic heterocycles. The number of nitrogens with zero attached hydrogens (tertiary/aromatic N) is 3. The molecule has 3 N–H and O–H groups in total. The fraction of sp³-hybridized carbons (Fsp3) is 0.158. The maximum atomic E-state index is 12.3. The molecule has 0 spiro atoms. The average molecular weight is 366 g/mol. The minimum atomic E-state index is -1.36. The molecule has 1 atom stereocenters. The van der Waals surface area contributed by atoms with Crippen LogP contribution >= 0.6 is 0 Å². The number of aliphatic hydroxyl groups excluding tert-OH is 1. The summed E-state index contributed by atoms with van der Waals surface area (Å²) < 4.78 is 1.64. The van der Waals surface area contributed by atoms with Crippen molar-refractivity contribution in [3.8, 4) is 16.9 Å². The number of nitrogens with one attached hydrogen (secondary N) is 1. The Morgan fingerprint density at radius 3 is 2.26 bits per heavy atom. The minimum absolute atomic E-state index is 0.166. The number of hydrogen-bond donors (Lipinski definition) is 3. The molecule has 3 rings (SSSR count). The van der Waals surface area contributed by atoms with Crippen molar-refractivity contribution in [2.75, 3.05) is 6.61 Å². The molecule has 138 valence electrons. The van der Waals surface area contributed by atoms with E-state index < -0.39 is 24.5 Å². The van der Waals surface area contributed by atoms with Crippen LogP contribution in [0.4, 0.5) is 0 Å². The predicted octanol–water partition coefficient (Wildman–Crippen LogP) is 1.04. The third-order valence-corrected chi connectivity index (χ3v) is 3.93. The molecule has 27 heavy (non-hydrogen) atoms. The number of aliphatic hydroxyl groups is 1. The first-order valence-corrected chi connectivity index (χ1v) is 8.28. The number of aliphatic carboxylic acids is 1. The number of carboxylic acid groups (broad SMARTS) is 1. The molecule has 3 aromatic rings. The summed E-state index contributed by atoms with van der Waals surface area (Å²) in [6.45, 7) is -0.691. The minimum Gasteiger partial charge on any atom is -0.480 e. The Bertz CT molecular complexity index is 925. The standard InChI is InChI=1S/C19H18N4O4/c24-12-16(19(26)27)20-17(25)11-15-18(13-7-3-1-4-8-13)23(22-21-15)14-9-5-2-6-10-14/h1-10,16,24H,11-12H2,(H,20,25)(H,26,27). The van der Waals surface area contributed by atoms with E-state index in [4.69, 9.17) is 10.2 Å². The van der Waals surface area contributed by atoms with Crippen LogP contribution in [0.3, 0.4) is 0 Å². The maximum absolute atomic E-state index is 12.3. The van der Waals surface area contributed by atoms with Crippen LogP contribution in [0, 0.1) is 0 Å². The summed E-state index contributed by atoms with van der Waals surface area (Å²) >= 11 is 0. The highest BCUT2D eigenvalue weighted by molar-refractivity contribution is 5.85. The van der Waals surface area contributed by atoms with Crippen molar-refractivity contribution in [1.29, 1.82) is 0 Å². The summed E-state index contributed by atoms with van der Waals surface area (Å²) in [5.41, 5.74) is 2.66. The van der Waals surface area contributed by atoms with Crippen LogP contribution in [0.25, 0.3) is 16.9 Å². The molecule has 2 aromatic carbocycles.